The van der Waals surface area contributed by atoms with E-state index in [9.17, 15) is 0 Å². The summed E-state index contributed by atoms with van der Waals surface area (Å²) in [5, 5.41) is 1.85. The first-order chi connectivity index (χ1) is 61.5. The Morgan fingerprint density at radius 2 is 0.508 bits per heavy atom. The summed E-state index contributed by atoms with van der Waals surface area (Å²) in [5.74, 6) is 4.40. The molecule has 578 valence electrons. The van der Waals surface area contributed by atoms with E-state index in [1.54, 1.807) is 0 Å². The Kier molecular flexibility index (Phi) is 18.0. The number of hydrogen-bond donors (Lipinski definition) is 0. The van der Waals surface area contributed by atoms with Crippen LogP contribution >= 0.6 is 0 Å². The van der Waals surface area contributed by atoms with Gasteiger partial charge in [0.05, 0.1) is 45.2 Å². The van der Waals surface area contributed by atoms with Crippen molar-refractivity contribution in [2.75, 3.05) is 9.80 Å². The van der Waals surface area contributed by atoms with Crippen LogP contribution in [0.1, 0.15) is 0 Å². The van der Waals surface area contributed by atoms with Gasteiger partial charge in [0.1, 0.15) is 0 Å². The molecule has 0 N–H and O–H groups in total. The van der Waals surface area contributed by atoms with Crippen LogP contribution in [0.3, 0.4) is 0 Å². The first-order valence-electron chi connectivity index (χ1n) is 41.6. The van der Waals surface area contributed by atoms with E-state index in [-0.39, 0.29) is 6.71 Å². The standard InChI is InChI=1S/C110H70BN13/c1-10-33-71(34-11-1)91-69-93(114-103(112-91)73-37-14-3-15-38-73)79-57-61-97(124-95-62-58-81(109-118-104(74-39-16-4-17-40-74)116-105(119-109)75-41-18-5-19-42-75)67-86(95)87-68-82(59-63-96(87)124)110-120-106(76-43-20-6-21-44-76)117-107(121-110)77-45-22-7-23-46-77)88(66-79)94-70-92(72-35-12-2-13-36-72)113-108(115-94)80-48-32-47-78(65-80)85-60-64-100-101-102(85)123(84-51-26-9-27-52-84)99-56-31-29-54-90(99)111(101)89-53-28-30-55-98(89)122(100)83-49-24-8-25-50-83/h1-70H. The predicted octanol–water partition coefficient (Wildman–Crippen LogP) is 24.5. The van der Waals surface area contributed by atoms with Gasteiger partial charge >= 0.3 is 0 Å². The molecule has 13 nitrogen and oxygen atoms in total. The Bertz CT molecular complexity index is 7300. The molecule has 0 radical (unpaired) electrons. The Hall–Kier alpha value is -16.8. The van der Waals surface area contributed by atoms with Crippen molar-refractivity contribution in [2.45, 2.75) is 0 Å². The SMILES string of the molecule is c1ccc(-c2cc(-c3ccc(-n4c5ccc(-c6nc(-c7ccccc7)nc(-c7ccccc7)n6)cc5c5cc(-c6nc(-c7ccccc7)nc(-c7ccccc7)n6)ccc54)c(-c4cc(-c5ccccc5)nc(-c5cccc(-c6ccc7c8c6N(c6ccccc6)c6ccccc6B8c6ccccc6N7c6ccccc6)c5)n4)c3)nc(-c3ccccc3)n2)cc1. The zero-order valence-electron chi connectivity index (χ0n) is 66.8. The van der Waals surface area contributed by atoms with E-state index in [0.717, 1.165) is 157 Å². The summed E-state index contributed by atoms with van der Waals surface area (Å²) in [5.41, 5.74) is 28.3. The van der Waals surface area contributed by atoms with Gasteiger partial charge < -0.3 is 14.4 Å². The Morgan fingerprint density at radius 3 is 0.968 bits per heavy atom. The molecule has 0 unspecified atom stereocenters. The van der Waals surface area contributed by atoms with Crippen LogP contribution in [0.5, 0.6) is 0 Å². The van der Waals surface area contributed by atoms with Gasteiger partial charge in [0.2, 0.25) is 0 Å². The molecule has 21 aromatic rings. The molecule has 16 aromatic carbocycles. The van der Waals surface area contributed by atoms with Gasteiger partial charge in [-0.15, -0.1) is 0 Å². The van der Waals surface area contributed by atoms with Crippen molar-refractivity contribution in [1.29, 1.82) is 0 Å². The maximum Gasteiger partial charge on any atom is 0.252 e. The van der Waals surface area contributed by atoms with E-state index in [0.29, 0.717) is 52.3 Å². The zero-order chi connectivity index (χ0) is 82.0. The van der Waals surface area contributed by atoms with Gasteiger partial charge in [0.25, 0.3) is 6.71 Å². The maximum absolute atomic E-state index is 5.95. The van der Waals surface area contributed by atoms with Crippen LogP contribution in [-0.4, -0.2) is 61.1 Å². The summed E-state index contributed by atoms with van der Waals surface area (Å²) >= 11 is 0. The molecule has 5 aromatic heterocycles. The first-order valence-corrected chi connectivity index (χ1v) is 41.6. The van der Waals surface area contributed by atoms with Crippen LogP contribution < -0.4 is 26.2 Å². The number of rotatable bonds is 16. The van der Waals surface area contributed by atoms with Gasteiger partial charge in [-0.2, -0.15) is 0 Å². The van der Waals surface area contributed by atoms with Crippen LogP contribution in [0.2, 0.25) is 0 Å². The van der Waals surface area contributed by atoms with E-state index in [1.165, 1.54) is 16.4 Å². The number of fused-ring (bicyclic) bond motifs is 7. The summed E-state index contributed by atoms with van der Waals surface area (Å²) in [7, 11) is 0. The second-order valence-electron chi connectivity index (χ2n) is 31.0. The molecule has 0 saturated carbocycles. The molecule has 0 atom stereocenters. The summed E-state index contributed by atoms with van der Waals surface area (Å²) in [6.07, 6.45) is 0. The van der Waals surface area contributed by atoms with E-state index in [1.807, 2.05) is 152 Å². The second kappa shape index (κ2) is 30.8. The minimum atomic E-state index is -0.0943. The lowest BCUT2D eigenvalue weighted by Gasteiger charge is -2.45. The minimum absolute atomic E-state index is 0.0943. The maximum atomic E-state index is 5.95. The van der Waals surface area contributed by atoms with Gasteiger partial charge in [-0.05, 0) is 131 Å². The Labute approximate surface area is 716 Å². The predicted molar refractivity (Wildman–Crippen MR) is 503 cm³/mol. The normalized spacial score (nSPS) is 12.0. The highest BCUT2D eigenvalue weighted by molar-refractivity contribution is 7.00. The molecule has 0 saturated heterocycles. The fourth-order valence-corrected chi connectivity index (χ4v) is 17.7. The molecule has 0 fully saturated rings. The van der Waals surface area contributed by atoms with Crippen LogP contribution in [0.4, 0.5) is 34.1 Å². The molecule has 7 heterocycles. The van der Waals surface area contributed by atoms with Crippen LogP contribution in [-0.2, 0) is 0 Å². The van der Waals surface area contributed by atoms with Gasteiger partial charge in [0.15, 0.2) is 46.6 Å². The first kappa shape index (κ1) is 72.4. The number of aromatic nitrogens is 11. The lowest BCUT2D eigenvalue weighted by Crippen LogP contribution is -2.61. The number of hydrogen-bond acceptors (Lipinski definition) is 12. The quantitative estimate of drug-likeness (QED) is 0.0851. The van der Waals surface area contributed by atoms with Crippen molar-refractivity contribution in [3.63, 3.8) is 0 Å². The molecule has 23 rings (SSSR count). The highest BCUT2D eigenvalue weighted by Gasteiger charge is 2.44. The van der Waals surface area contributed by atoms with Crippen molar-refractivity contribution in [3.05, 3.63) is 425 Å². The molecule has 124 heavy (non-hydrogen) atoms. The van der Waals surface area contributed by atoms with Crippen molar-refractivity contribution in [1.82, 2.24) is 54.4 Å². The Morgan fingerprint density at radius 1 is 0.185 bits per heavy atom. The molecule has 0 aliphatic carbocycles. The molecule has 0 amide bonds. The highest BCUT2D eigenvalue weighted by Crippen LogP contribution is 2.50. The lowest BCUT2D eigenvalue weighted by atomic mass is 9.33. The summed E-state index contributed by atoms with van der Waals surface area (Å²) < 4.78 is 2.37. The number of nitrogens with zero attached hydrogens (tertiary/aromatic N) is 13. The monoisotopic (exact) mass is 1580 g/mol. The molecule has 0 spiro atoms. The summed E-state index contributed by atoms with van der Waals surface area (Å²) in [6.45, 7) is -0.0943. The third-order valence-corrected chi connectivity index (χ3v) is 23.5. The zero-order valence-corrected chi connectivity index (χ0v) is 66.8. The van der Waals surface area contributed by atoms with Crippen molar-refractivity contribution < 1.29 is 0 Å². The van der Waals surface area contributed by atoms with Crippen molar-refractivity contribution >= 4 is 79.0 Å². The molecular formula is C110H70BN13. The van der Waals surface area contributed by atoms with Gasteiger partial charge in [-0.1, -0.05) is 315 Å². The molecule has 14 heteroatoms. The lowest BCUT2D eigenvalue weighted by molar-refractivity contribution is 1.07. The van der Waals surface area contributed by atoms with E-state index in [4.69, 9.17) is 49.8 Å². The molecular weight excluding hydrogens is 1510 g/mol. The van der Waals surface area contributed by atoms with E-state index >= 15 is 0 Å². The average molecular weight is 1580 g/mol. The number of para-hydroxylation sites is 4. The third kappa shape index (κ3) is 13.1. The van der Waals surface area contributed by atoms with Gasteiger partial charge in [-0.25, -0.2) is 49.8 Å². The van der Waals surface area contributed by atoms with Gasteiger partial charge in [0, 0.05) is 112 Å². The largest absolute Gasteiger partial charge is 0.311 e. The molecule has 2 aliphatic rings. The minimum Gasteiger partial charge on any atom is -0.311 e. The number of benzene rings is 16. The topological polar surface area (TPSA) is 140 Å². The fourth-order valence-electron chi connectivity index (χ4n) is 17.7. The van der Waals surface area contributed by atoms with Crippen molar-refractivity contribution in [2.24, 2.45) is 0 Å². The highest BCUT2D eigenvalue weighted by atomic mass is 15.2. The number of anilines is 6. The second-order valence-corrected chi connectivity index (χ2v) is 31.0. The van der Waals surface area contributed by atoms with E-state index in [2.05, 4.69) is 287 Å². The fraction of sp³-hybridized carbons (Fsp3) is 0. The van der Waals surface area contributed by atoms with Crippen LogP contribution in [0, 0.1) is 0 Å². The van der Waals surface area contributed by atoms with Crippen LogP contribution in [0.25, 0.3) is 175 Å². The van der Waals surface area contributed by atoms with E-state index < -0.39 is 0 Å². The summed E-state index contributed by atoms with van der Waals surface area (Å²) in [4.78, 5) is 58.9. The molecule has 0 bridgehead atoms. The smallest absolute Gasteiger partial charge is 0.252 e. The molecule has 2 aliphatic heterocycles. The Balaban J connectivity index is 0.770. The van der Waals surface area contributed by atoms with Gasteiger partial charge in [-0.3, -0.25) is 0 Å². The summed E-state index contributed by atoms with van der Waals surface area (Å²) in [6, 6.07) is 148. The third-order valence-electron chi connectivity index (χ3n) is 23.5. The average Bonchev–Trinajstić information content (AvgIpc) is 1.16. The van der Waals surface area contributed by atoms with Crippen LogP contribution in [0.15, 0.2) is 425 Å². The van der Waals surface area contributed by atoms with Crippen molar-refractivity contribution in [3.8, 4) is 153 Å².